The number of ether oxygens (including phenoxy) is 1. The lowest BCUT2D eigenvalue weighted by Gasteiger charge is -2.19. The van der Waals surface area contributed by atoms with Crippen molar-refractivity contribution in [2.75, 3.05) is 5.73 Å². The second kappa shape index (κ2) is 11.3. The third-order valence-electron chi connectivity index (χ3n) is 6.31. The number of imidazole rings is 1. The van der Waals surface area contributed by atoms with Gasteiger partial charge in [-0.15, -0.1) is 0 Å². The van der Waals surface area contributed by atoms with Gasteiger partial charge in [-0.2, -0.15) is 0 Å². The molecule has 0 spiro atoms. The molecule has 0 radical (unpaired) electrons. The van der Waals surface area contributed by atoms with E-state index in [1.165, 1.54) is 29.4 Å². The Morgan fingerprint density at radius 2 is 1.95 bits per heavy atom. The number of anilines is 1. The van der Waals surface area contributed by atoms with Crippen LogP contribution in [0.15, 0.2) is 30.9 Å². The van der Waals surface area contributed by atoms with Gasteiger partial charge in [0, 0.05) is 11.5 Å². The van der Waals surface area contributed by atoms with Crippen LogP contribution in [0.4, 0.5) is 5.82 Å². The van der Waals surface area contributed by atoms with Crippen molar-refractivity contribution in [1.29, 1.82) is 0 Å². The molecule has 0 saturated carbocycles. The maximum atomic E-state index is 11.6. The second-order valence-electron chi connectivity index (χ2n) is 8.91. The SMILES string of the molecule is NC(=O)c1cc(C#C[C@@H](CC[C@H](N)C(=O)O)C[C@H]2O[C@@H](n3cnc4c(N)ncnc43)[C@H](O)[C@@H]2O)ccc1Cl. The van der Waals surface area contributed by atoms with Gasteiger partial charge in [-0.1, -0.05) is 23.4 Å². The summed E-state index contributed by atoms with van der Waals surface area (Å²) in [6, 6.07) is 3.46. The number of amides is 1. The van der Waals surface area contributed by atoms with E-state index in [0.29, 0.717) is 16.7 Å². The van der Waals surface area contributed by atoms with Crippen molar-refractivity contribution in [3.63, 3.8) is 0 Å². The molecule has 13 nitrogen and oxygen atoms in total. The van der Waals surface area contributed by atoms with Gasteiger partial charge in [0.15, 0.2) is 17.7 Å². The number of aliphatic carboxylic acids is 1. The highest BCUT2D eigenvalue weighted by atomic mass is 35.5. The smallest absolute Gasteiger partial charge is 0.320 e. The molecule has 1 aromatic carbocycles. The van der Waals surface area contributed by atoms with Crippen molar-refractivity contribution in [3.05, 3.63) is 47.0 Å². The minimum Gasteiger partial charge on any atom is -0.480 e. The minimum atomic E-state index is -1.32. The minimum absolute atomic E-state index is 0.110. The Bertz CT molecular complexity index is 1420. The van der Waals surface area contributed by atoms with E-state index in [1.807, 2.05) is 0 Å². The monoisotopic (exact) mass is 543 g/mol. The van der Waals surface area contributed by atoms with Crippen molar-refractivity contribution in [2.24, 2.45) is 17.4 Å². The summed E-state index contributed by atoms with van der Waals surface area (Å²) in [5.74, 6) is 3.79. The maximum absolute atomic E-state index is 11.6. The van der Waals surface area contributed by atoms with Gasteiger partial charge in [0.05, 0.1) is 23.0 Å². The van der Waals surface area contributed by atoms with Gasteiger partial charge >= 0.3 is 5.97 Å². The summed E-state index contributed by atoms with van der Waals surface area (Å²) in [6.45, 7) is 0. The molecule has 0 aliphatic carbocycles. The number of fused-ring (bicyclic) bond motifs is 1. The first-order chi connectivity index (χ1) is 18.1. The predicted molar refractivity (Wildman–Crippen MR) is 135 cm³/mol. The number of rotatable bonds is 8. The number of hydrogen-bond donors (Lipinski definition) is 6. The Morgan fingerprint density at radius 1 is 1.18 bits per heavy atom. The van der Waals surface area contributed by atoms with Gasteiger partial charge in [-0.05, 0) is 37.5 Å². The van der Waals surface area contributed by atoms with E-state index in [1.54, 1.807) is 6.07 Å². The third kappa shape index (κ3) is 5.69. The normalized spacial score (nSPS) is 22.5. The average Bonchev–Trinajstić information content (AvgIpc) is 3.43. The van der Waals surface area contributed by atoms with Crippen LogP contribution in [0.5, 0.6) is 0 Å². The lowest BCUT2D eigenvalue weighted by molar-refractivity contribution is -0.138. The molecule has 14 heteroatoms. The van der Waals surface area contributed by atoms with E-state index in [-0.39, 0.29) is 35.7 Å². The summed E-state index contributed by atoms with van der Waals surface area (Å²) in [5, 5.41) is 30.9. The van der Waals surface area contributed by atoms with Crippen LogP contribution >= 0.6 is 11.6 Å². The number of carbonyl (C=O) groups is 2. The molecule has 0 unspecified atom stereocenters. The average molecular weight is 544 g/mol. The number of nitrogen functional groups attached to an aromatic ring is 1. The molecular weight excluding hydrogens is 518 g/mol. The summed E-state index contributed by atoms with van der Waals surface area (Å²) in [4.78, 5) is 35.0. The molecule has 9 N–H and O–H groups in total. The first-order valence-corrected chi connectivity index (χ1v) is 12.0. The van der Waals surface area contributed by atoms with Gasteiger partial charge in [-0.3, -0.25) is 14.2 Å². The Labute approximate surface area is 221 Å². The third-order valence-corrected chi connectivity index (χ3v) is 6.64. The Kier molecular flexibility index (Phi) is 8.10. The number of carboxylic acids is 1. The van der Waals surface area contributed by atoms with E-state index in [0.717, 1.165) is 0 Å². The molecule has 4 rings (SSSR count). The number of benzene rings is 1. The molecule has 1 fully saturated rings. The molecule has 1 aliphatic rings. The molecule has 2 aromatic heterocycles. The van der Waals surface area contributed by atoms with E-state index in [4.69, 9.17) is 33.5 Å². The van der Waals surface area contributed by atoms with Crippen LogP contribution in [0.1, 0.15) is 41.4 Å². The van der Waals surface area contributed by atoms with E-state index >= 15 is 0 Å². The summed E-state index contributed by atoms with van der Waals surface area (Å²) in [5.41, 5.74) is 18.1. The number of nitrogens with zero attached hydrogens (tertiary/aromatic N) is 4. The molecule has 6 atom stereocenters. The zero-order valence-corrected chi connectivity index (χ0v) is 20.7. The first kappa shape index (κ1) is 27.2. The Hall–Kier alpha value is -3.80. The van der Waals surface area contributed by atoms with Gasteiger partial charge in [0.2, 0.25) is 5.91 Å². The topological polar surface area (TPSA) is 226 Å². The van der Waals surface area contributed by atoms with Gasteiger partial charge in [0.25, 0.3) is 0 Å². The summed E-state index contributed by atoms with van der Waals surface area (Å²) in [6.07, 6.45) is -1.32. The number of halogens is 1. The maximum Gasteiger partial charge on any atom is 0.320 e. The van der Waals surface area contributed by atoms with Crippen LogP contribution in [-0.2, 0) is 9.53 Å². The molecule has 1 amide bonds. The van der Waals surface area contributed by atoms with Crippen molar-refractivity contribution >= 4 is 40.5 Å². The van der Waals surface area contributed by atoms with Gasteiger partial charge < -0.3 is 37.3 Å². The molecule has 3 heterocycles. The lowest BCUT2D eigenvalue weighted by Crippen LogP contribution is -2.33. The van der Waals surface area contributed by atoms with Gasteiger partial charge in [-0.25, -0.2) is 15.0 Å². The van der Waals surface area contributed by atoms with Crippen LogP contribution in [0.25, 0.3) is 11.2 Å². The fourth-order valence-electron chi connectivity index (χ4n) is 4.22. The van der Waals surface area contributed by atoms with E-state index in [2.05, 4.69) is 26.8 Å². The number of carbonyl (C=O) groups excluding carboxylic acids is 1. The van der Waals surface area contributed by atoms with Crippen molar-refractivity contribution in [2.45, 2.75) is 49.8 Å². The molecule has 1 aliphatic heterocycles. The zero-order valence-electron chi connectivity index (χ0n) is 19.9. The number of carboxylic acid groups (broad SMARTS) is 1. The molecule has 38 heavy (non-hydrogen) atoms. The highest BCUT2D eigenvalue weighted by Gasteiger charge is 2.45. The molecular formula is C24H26ClN7O6. The summed E-state index contributed by atoms with van der Waals surface area (Å²) >= 11 is 6.00. The molecule has 3 aromatic rings. The predicted octanol–water partition coefficient (Wildman–Crippen LogP) is 0.0301. The Balaban J connectivity index is 1.57. The molecule has 1 saturated heterocycles. The highest BCUT2D eigenvalue weighted by Crippen LogP contribution is 2.35. The summed E-state index contributed by atoms with van der Waals surface area (Å²) in [7, 11) is 0. The van der Waals surface area contributed by atoms with Gasteiger partial charge in [0.1, 0.15) is 30.1 Å². The first-order valence-electron chi connectivity index (χ1n) is 11.6. The zero-order chi connectivity index (χ0) is 27.6. The fraction of sp³-hybridized carbons (Fsp3) is 0.375. The van der Waals surface area contributed by atoms with Crippen LogP contribution in [0.3, 0.4) is 0 Å². The molecule has 200 valence electrons. The number of aliphatic hydroxyl groups is 2. The fourth-order valence-corrected chi connectivity index (χ4v) is 4.43. The summed E-state index contributed by atoms with van der Waals surface area (Å²) < 4.78 is 7.47. The van der Waals surface area contributed by atoms with Crippen molar-refractivity contribution < 1.29 is 29.6 Å². The quantitative estimate of drug-likeness (QED) is 0.208. The van der Waals surface area contributed by atoms with Crippen LogP contribution < -0.4 is 17.2 Å². The standard InChI is InChI=1S/C24H26ClN7O6/c25-14-5-3-11(7-13(14)21(28)35)1-2-12(4-6-15(26)24(36)37)8-16-18(33)19(34)23(38-16)32-10-31-17-20(27)29-9-30-22(17)32/h3,5,7,9-10,12,15-16,18-19,23,33-34H,4,6,8,26H2,(H2,28,35)(H,36,37)(H2,27,29,30)/t12-,15-,16+,18+,19+,23+/m0/s1. The van der Waals surface area contributed by atoms with Crippen molar-refractivity contribution in [3.8, 4) is 11.8 Å². The number of aromatic nitrogens is 4. The largest absolute Gasteiger partial charge is 0.480 e. The van der Waals surface area contributed by atoms with Crippen LogP contribution in [0.2, 0.25) is 5.02 Å². The highest BCUT2D eigenvalue weighted by molar-refractivity contribution is 6.33. The van der Waals surface area contributed by atoms with Crippen LogP contribution in [0, 0.1) is 17.8 Å². The van der Waals surface area contributed by atoms with E-state index in [9.17, 15) is 24.9 Å². The second-order valence-corrected chi connectivity index (χ2v) is 9.32. The van der Waals surface area contributed by atoms with E-state index < -0.39 is 48.4 Å². The lowest BCUT2D eigenvalue weighted by atomic mass is 9.92. The van der Waals surface area contributed by atoms with Crippen LogP contribution in [-0.4, -0.2) is 71.1 Å². The number of nitrogens with two attached hydrogens (primary N) is 3. The molecule has 0 bridgehead atoms. The van der Waals surface area contributed by atoms with Crippen molar-refractivity contribution in [1.82, 2.24) is 19.5 Å². The number of aliphatic hydroxyl groups excluding tert-OH is 2. The number of primary amides is 1. The Morgan fingerprint density at radius 3 is 2.66 bits per heavy atom. The number of hydrogen-bond acceptors (Lipinski definition) is 10.